The summed E-state index contributed by atoms with van der Waals surface area (Å²) in [4.78, 5) is 33.7. The third-order valence-corrected chi connectivity index (χ3v) is 4.89. The average Bonchev–Trinajstić information content (AvgIpc) is 2.97. The van der Waals surface area contributed by atoms with Crippen LogP contribution in [-0.2, 0) is 11.3 Å². The molecule has 0 radical (unpaired) electrons. The summed E-state index contributed by atoms with van der Waals surface area (Å²) in [5, 5.41) is 0.563. The maximum atomic E-state index is 12.6. The molecule has 1 heterocycles. The van der Waals surface area contributed by atoms with E-state index in [1.165, 1.54) is 0 Å². The Labute approximate surface area is 141 Å². The first-order chi connectivity index (χ1) is 11.6. The van der Waals surface area contributed by atoms with Gasteiger partial charge >= 0.3 is 0 Å². The highest BCUT2D eigenvalue weighted by molar-refractivity contribution is 5.78. The highest BCUT2D eigenvalue weighted by atomic mass is 16.2. The van der Waals surface area contributed by atoms with Gasteiger partial charge < -0.3 is 15.6 Å². The van der Waals surface area contributed by atoms with Crippen LogP contribution in [0.2, 0.25) is 0 Å². The number of hydrogen-bond donors (Lipinski definition) is 2. The van der Waals surface area contributed by atoms with Crippen LogP contribution in [0.1, 0.15) is 38.4 Å². The number of carbonyl (C=O) groups is 1. The lowest BCUT2D eigenvalue weighted by Gasteiger charge is -2.23. The fourth-order valence-corrected chi connectivity index (χ4v) is 3.44. The van der Waals surface area contributed by atoms with E-state index in [9.17, 15) is 9.59 Å². The fourth-order valence-electron chi connectivity index (χ4n) is 3.44. The van der Waals surface area contributed by atoms with Gasteiger partial charge in [-0.05, 0) is 37.8 Å². The molecule has 2 atom stereocenters. The van der Waals surface area contributed by atoms with Crippen molar-refractivity contribution < 1.29 is 4.79 Å². The molecule has 1 aromatic heterocycles. The Morgan fingerprint density at radius 2 is 2.17 bits per heavy atom. The quantitative estimate of drug-likeness (QED) is 0.875. The van der Waals surface area contributed by atoms with Crippen molar-refractivity contribution in [3.8, 4) is 0 Å². The summed E-state index contributed by atoms with van der Waals surface area (Å²) in [6.45, 7) is 2.83. The van der Waals surface area contributed by atoms with Gasteiger partial charge in [0.1, 0.15) is 5.82 Å². The van der Waals surface area contributed by atoms with Crippen LogP contribution in [0.5, 0.6) is 0 Å². The maximum Gasteiger partial charge on any atom is 0.258 e. The standard InChI is InChI=1S/C18H24N4O2/c1-2-22(17(23)10-12-6-5-8-14(12)19)11-16-20-15-9-4-3-7-13(15)18(24)21-16/h3-4,7,9,12,14H,2,5-6,8,10-11,19H2,1H3,(H,20,21,24)/t12-,14+/m0/s1. The van der Waals surface area contributed by atoms with Crippen molar-refractivity contribution >= 4 is 16.8 Å². The van der Waals surface area contributed by atoms with E-state index in [4.69, 9.17) is 5.73 Å². The van der Waals surface area contributed by atoms with Crippen molar-refractivity contribution in [2.75, 3.05) is 6.54 Å². The van der Waals surface area contributed by atoms with E-state index in [1.807, 2.05) is 25.1 Å². The zero-order valence-corrected chi connectivity index (χ0v) is 14.0. The molecular formula is C18H24N4O2. The summed E-state index contributed by atoms with van der Waals surface area (Å²) in [7, 11) is 0. The lowest BCUT2D eigenvalue weighted by atomic mass is 9.99. The molecule has 6 heteroatoms. The zero-order chi connectivity index (χ0) is 17.1. The molecule has 1 fully saturated rings. The van der Waals surface area contributed by atoms with Gasteiger partial charge in [-0.3, -0.25) is 9.59 Å². The van der Waals surface area contributed by atoms with Crippen LogP contribution in [-0.4, -0.2) is 33.4 Å². The minimum atomic E-state index is -0.170. The number of rotatable bonds is 5. The van der Waals surface area contributed by atoms with Gasteiger partial charge in [0.05, 0.1) is 17.4 Å². The van der Waals surface area contributed by atoms with Crippen molar-refractivity contribution in [3.05, 3.63) is 40.4 Å². The number of carbonyl (C=O) groups excluding carboxylic acids is 1. The molecule has 0 saturated heterocycles. The average molecular weight is 328 g/mol. The molecule has 1 aromatic carbocycles. The molecule has 1 saturated carbocycles. The maximum absolute atomic E-state index is 12.6. The van der Waals surface area contributed by atoms with Crippen LogP contribution in [0.3, 0.4) is 0 Å². The number of aromatic amines is 1. The van der Waals surface area contributed by atoms with Gasteiger partial charge in [0.2, 0.25) is 5.91 Å². The van der Waals surface area contributed by atoms with Crippen LogP contribution in [0, 0.1) is 5.92 Å². The first kappa shape index (κ1) is 16.6. The molecule has 3 rings (SSSR count). The third-order valence-electron chi connectivity index (χ3n) is 4.89. The lowest BCUT2D eigenvalue weighted by molar-refractivity contribution is -0.132. The number of nitrogens with one attached hydrogen (secondary N) is 1. The van der Waals surface area contributed by atoms with Gasteiger partial charge in [-0.2, -0.15) is 0 Å². The highest BCUT2D eigenvalue weighted by Gasteiger charge is 2.27. The van der Waals surface area contributed by atoms with Gasteiger partial charge in [0.25, 0.3) is 5.56 Å². The Kier molecular flexibility index (Phi) is 4.94. The van der Waals surface area contributed by atoms with Crippen LogP contribution in [0.25, 0.3) is 10.9 Å². The number of fused-ring (bicyclic) bond motifs is 1. The number of aromatic nitrogens is 2. The van der Waals surface area contributed by atoms with E-state index in [-0.39, 0.29) is 23.4 Å². The van der Waals surface area contributed by atoms with Gasteiger partial charge in [-0.25, -0.2) is 4.98 Å². The normalized spacial score (nSPS) is 20.4. The number of benzene rings is 1. The number of hydrogen-bond acceptors (Lipinski definition) is 4. The molecule has 3 N–H and O–H groups in total. The molecule has 128 valence electrons. The van der Waals surface area contributed by atoms with Crippen LogP contribution >= 0.6 is 0 Å². The minimum absolute atomic E-state index is 0.0793. The SMILES string of the molecule is CCN(Cc1nc2ccccc2c(=O)[nH]1)C(=O)C[C@@H]1CCC[C@H]1N. The highest BCUT2D eigenvalue weighted by Crippen LogP contribution is 2.27. The number of amides is 1. The summed E-state index contributed by atoms with van der Waals surface area (Å²) >= 11 is 0. The molecule has 0 bridgehead atoms. The first-order valence-corrected chi connectivity index (χ1v) is 8.59. The number of nitrogens with two attached hydrogens (primary N) is 1. The van der Waals surface area contributed by atoms with Crippen molar-refractivity contribution in [1.82, 2.24) is 14.9 Å². The van der Waals surface area contributed by atoms with E-state index in [0.29, 0.717) is 36.2 Å². The second kappa shape index (κ2) is 7.13. The molecule has 1 amide bonds. The second-order valence-corrected chi connectivity index (χ2v) is 6.50. The van der Waals surface area contributed by atoms with Gasteiger partial charge in [-0.15, -0.1) is 0 Å². The van der Waals surface area contributed by atoms with E-state index in [1.54, 1.807) is 11.0 Å². The Morgan fingerprint density at radius 3 is 2.88 bits per heavy atom. The van der Waals surface area contributed by atoms with E-state index in [0.717, 1.165) is 19.3 Å². The fraction of sp³-hybridized carbons (Fsp3) is 0.500. The monoisotopic (exact) mass is 328 g/mol. The number of nitrogens with zero attached hydrogens (tertiary/aromatic N) is 2. The predicted molar refractivity (Wildman–Crippen MR) is 93.4 cm³/mol. The Morgan fingerprint density at radius 1 is 1.38 bits per heavy atom. The Hall–Kier alpha value is -2.21. The van der Waals surface area contributed by atoms with Gasteiger partial charge in [-0.1, -0.05) is 18.6 Å². The molecule has 24 heavy (non-hydrogen) atoms. The summed E-state index contributed by atoms with van der Waals surface area (Å²) < 4.78 is 0. The molecule has 6 nitrogen and oxygen atoms in total. The minimum Gasteiger partial charge on any atom is -0.335 e. The summed E-state index contributed by atoms with van der Waals surface area (Å²) in [5.74, 6) is 0.871. The smallest absolute Gasteiger partial charge is 0.258 e. The number of para-hydroxylation sites is 1. The Balaban J connectivity index is 1.75. The third kappa shape index (κ3) is 3.48. The van der Waals surface area contributed by atoms with Gasteiger partial charge in [0, 0.05) is 19.0 Å². The topological polar surface area (TPSA) is 92.1 Å². The molecule has 1 aliphatic rings. The summed E-state index contributed by atoms with van der Waals surface area (Å²) in [6.07, 6.45) is 3.61. The van der Waals surface area contributed by atoms with Crippen molar-refractivity contribution in [1.29, 1.82) is 0 Å². The molecule has 1 aliphatic carbocycles. The van der Waals surface area contributed by atoms with E-state index >= 15 is 0 Å². The Bertz CT molecular complexity index is 786. The lowest BCUT2D eigenvalue weighted by Crippen LogP contribution is -2.35. The van der Waals surface area contributed by atoms with Crippen LogP contribution in [0.15, 0.2) is 29.1 Å². The molecule has 0 spiro atoms. The number of H-pyrrole nitrogens is 1. The molecule has 2 aromatic rings. The first-order valence-electron chi connectivity index (χ1n) is 8.59. The van der Waals surface area contributed by atoms with Crippen molar-refractivity contribution in [2.45, 2.75) is 45.2 Å². The summed E-state index contributed by atoms with van der Waals surface area (Å²) in [5.41, 5.74) is 6.55. The van der Waals surface area contributed by atoms with E-state index in [2.05, 4.69) is 9.97 Å². The zero-order valence-electron chi connectivity index (χ0n) is 14.0. The second-order valence-electron chi connectivity index (χ2n) is 6.50. The van der Waals surface area contributed by atoms with Crippen LogP contribution in [0.4, 0.5) is 0 Å². The van der Waals surface area contributed by atoms with Crippen molar-refractivity contribution in [2.24, 2.45) is 11.7 Å². The van der Waals surface area contributed by atoms with Crippen LogP contribution < -0.4 is 11.3 Å². The molecule has 0 unspecified atom stereocenters. The predicted octanol–water partition coefficient (Wildman–Crippen LogP) is 1.79. The molecular weight excluding hydrogens is 304 g/mol. The van der Waals surface area contributed by atoms with E-state index < -0.39 is 0 Å². The molecule has 0 aliphatic heterocycles. The summed E-state index contributed by atoms with van der Waals surface area (Å²) in [6, 6.07) is 7.35. The van der Waals surface area contributed by atoms with Gasteiger partial charge in [0.15, 0.2) is 0 Å². The largest absolute Gasteiger partial charge is 0.335 e. The van der Waals surface area contributed by atoms with Crippen molar-refractivity contribution in [3.63, 3.8) is 0 Å².